The second-order valence-corrected chi connectivity index (χ2v) is 4.77. The highest BCUT2D eigenvalue weighted by molar-refractivity contribution is 6.30. The molecule has 1 aromatic heterocycles. The van der Waals surface area contributed by atoms with Crippen molar-refractivity contribution in [3.8, 4) is 5.88 Å². The summed E-state index contributed by atoms with van der Waals surface area (Å²) in [5, 5.41) is 4.17. The lowest BCUT2D eigenvalue weighted by Gasteiger charge is -2.14. The smallest absolute Gasteiger partial charge is 0.213 e. The Labute approximate surface area is 118 Å². The van der Waals surface area contributed by atoms with Crippen molar-refractivity contribution in [2.24, 2.45) is 0 Å². The first kappa shape index (κ1) is 13.8. The van der Waals surface area contributed by atoms with Crippen molar-refractivity contribution >= 4 is 11.6 Å². The van der Waals surface area contributed by atoms with Crippen LogP contribution in [0.1, 0.15) is 24.2 Å². The molecule has 0 saturated heterocycles. The average molecular weight is 277 g/mol. The Kier molecular flexibility index (Phi) is 4.77. The lowest BCUT2D eigenvalue weighted by atomic mass is 10.1. The van der Waals surface area contributed by atoms with Crippen LogP contribution in [0.25, 0.3) is 0 Å². The average Bonchev–Trinajstić information content (AvgIpc) is 2.45. The Balaban J connectivity index is 1.98. The molecule has 1 N–H and O–H groups in total. The Hall–Kier alpha value is -1.58. The quantitative estimate of drug-likeness (QED) is 0.906. The number of hydrogen-bond acceptors (Lipinski definition) is 3. The van der Waals surface area contributed by atoms with E-state index in [9.17, 15) is 0 Å². The van der Waals surface area contributed by atoms with E-state index in [1.54, 1.807) is 7.11 Å². The van der Waals surface area contributed by atoms with Crippen molar-refractivity contribution in [3.63, 3.8) is 0 Å². The summed E-state index contributed by atoms with van der Waals surface area (Å²) in [4.78, 5) is 4.36. The maximum atomic E-state index is 5.99. The lowest BCUT2D eigenvalue weighted by Crippen LogP contribution is -2.18. The topological polar surface area (TPSA) is 34.1 Å². The molecule has 19 heavy (non-hydrogen) atoms. The molecule has 100 valence electrons. The minimum atomic E-state index is 0.215. The number of pyridine rings is 1. The van der Waals surface area contributed by atoms with Gasteiger partial charge >= 0.3 is 0 Å². The van der Waals surface area contributed by atoms with E-state index >= 15 is 0 Å². The first-order valence-corrected chi connectivity index (χ1v) is 6.55. The van der Waals surface area contributed by atoms with E-state index in [-0.39, 0.29) is 6.04 Å². The number of rotatable bonds is 5. The largest absolute Gasteiger partial charge is 0.481 e. The zero-order chi connectivity index (χ0) is 13.7. The maximum Gasteiger partial charge on any atom is 0.213 e. The number of methoxy groups -OCH3 is 1. The molecule has 0 spiro atoms. The minimum Gasteiger partial charge on any atom is -0.481 e. The van der Waals surface area contributed by atoms with Gasteiger partial charge in [-0.2, -0.15) is 0 Å². The molecule has 0 aliphatic carbocycles. The fourth-order valence-corrected chi connectivity index (χ4v) is 2.02. The van der Waals surface area contributed by atoms with E-state index < -0.39 is 0 Å². The van der Waals surface area contributed by atoms with Crippen LogP contribution in [0, 0.1) is 0 Å². The molecular weight excluding hydrogens is 260 g/mol. The molecule has 4 heteroatoms. The van der Waals surface area contributed by atoms with E-state index in [2.05, 4.69) is 23.3 Å². The predicted octanol–water partition coefficient (Wildman–Crippen LogP) is 3.59. The van der Waals surface area contributed by atoms with Crippen molar-refractivity contribution in [3.05, 3.63) is 58.7 Å². The highest BCUT2D eigenvalue weighted by Crippen LogP contribution is 2.17. The molecule has 0 bridgehead atoms. The molecule has 0 aliphatic heterocycles. The summed E-state index contributed by atoms with van der Waals surface area (Å²) in [6.07, 6.45) is 0. The van der Waals surface area contributed by atoms with Crippen LogP contribution in [0.3, 0.4) is 0 Å². The van der Waals surface area contributed by atoms with Crippen molar-refractivity contribution in [2.75, 3.05) is 7.11 Å². The Morgan fingerprint density at radius 1 is 1.26 bits per heavy atom. The highest BCUT2D eigenvalue weighted by Gasteiger charge is 2.06. The van der Waals surface area contributed by atoms with Crippen LogP contribution in [-0.4, -0.2) is 12.1 Å². The summed E-state index contributed by atoms with van der Waals surface area (Å²) in [5.41, 5.74) is 2.11. The fraction of sp³-hybridized carbons (Fsp3) is 0.267. The molecule has 0 unspecified atom stereocenters. The SMILES string of the molecule is COc1cccc(CN[C@H](C)c2cccc(Cl)c2)n1. The van der Waals surface area contributed by atoms with Crippen LogP contribution in [-0.2, 0) is 6.54 Å². The number of benzene rings is 1. The van der Waals surface area contributed by atoms with E-state index in [0.717, 1.165) is 16.3 Å². The normalized spacial score (nSPS) is 12.2. The molecule has 0 fully saturated rings. The summed E-state index contributed by atoms with van der Waals surface area (Å²) < 4.78 is 5.11. The third kappa shape index (κ3) is 3.94. The molecular formula is C15H17ClN2O. The molecule has 0 amide bonds. The number of hydrogen-bond donors (Lipinski definition) is 1. The monoisotopic (exact) mass is 276 g/mol. The Bertz CT molecular complexity index is 545. The number of aromatic nitrogens is 1. The highest BCUT2D eigenvalue weighted by atomic mass is 35.5. The van der Waals surface area contributed by atoms with E-state index in [4.69, 9.17) is 16.3 Å². The Morgan fingerprint density at radius 3 is 2.79 bits per heavy atom. The zero-order valence-corrected chi connectivity index (χ0v) is 11.8. The Morgan fingerprint density at radius 2 is 2.05 bits per heavy atom. The molecule has 2 aromatic rings. The molecule has 0 radical (unpaired) electrons. The van der Waals surface area contributed by atoms with Crippen LogP contribution >= 0.6 is 11.6 Å². The van der Waals surface area contributed by atoms with Gasteiger partial charge in [0.05, 0.1) is 12.8 Å². The summed E-state index contributed by atoms with van der Waals surface area (Å²) in [5.74, 6) is 0.634. The zero-order valence-electron chi connectivity index (χ0n) is 11.1. The molecule has 1 aromatic carbocycles. The molecule has 0 aliphatic rings. The third-order valence-corrected chi connectivity index (χ3v) is 3.16. The van der Waals surface area contributed by atoms with E-state index in [1.807, 2.05) is 36.4 Å². The lowest BCUT2D eigenvalue weighted by molar-refractivity contribution is 0.395. The third-order valence-electron chi connectivity index (χ3n) is 2.93. The van der Waals surface area contributed by atoms with Gasteiger partial charge in [-0.05, 0) is 30.7 Å². The summed E-state index contributed by atoms with van der Waals surface area (Å²) in [6.45, 7) is 2.79. The number of nitrogens with zero attached hydrogens (tertiary/aromatic N) is 1. The van der Waals surface area contributed by atoms with E-state index in [1.165, 1.54) is 0 Å². The molecule has 2 rings (SSSR count). The van der Waals surface area contributed by atoms with Gasteiger partial charge in [0.1, 0.15) is 0 Å². The van der Waals surface area contributed by atoms with Crippen LogP contribution in [0.5, 0.6) is 5.88 Å². The number of nitrogens with one attached hydrogen (secondary N) is 1. The van der Waals surface area contributed by atoms with Gasteiger partial charge in [-0.15, -0.1) is 0 Å². The maximum absolute atomic E-state index is 5.99. The van der Waals surface area contributed by atoms with Crippen molar-refractivity contribution < 1.29 is 4.74 Å². The molecule has 1 heterocycles. The second-order valence-electron chi connectivity index (χ2n) is 4.33. The molecule has 1 atom stereocenters. The predicted molar refractivity (Wildman–Crippen MR) is 77.5 cm³/mol. The van der Waals surface area contributed by atoms with Gasteiger partial charge in [0.15, 0.2) is 0 Å². The minimum absolute atomic E-state index is 0.215. The summed E-state index contributed by atoms with van der Waals surface area (Å²) in [7, 11) is 1.62. The van der Waals surface area contributed by atoms with Crippen molar-refractivity contribution in [2.45, 2.75) is 19.5 Å². The molecule has 3 nitrogen and oxygen atoms in total. The summed E-state index contributed by atoms with van der Waals surface area (Å²) >= 11 is 5.99. The van der Waals surface area contributed by atoms with Gasteiger partial charge in [-0.25, -0.2) is 4.98 Å². The number of halogens is 1. The first-order chi connectivity index (χ1) is 9.19. The first-order valence-electron chi connectivity index (χ1n) is 6.18. The van der Waals surface area contributed by atoms with E-state index in [0.29, 0.717) is 12.4 Å². The fourth-order valence-electron chi connectivity index (χ4n) is 1.82. The van der Waals surface area contributed by atoms with Crippen molar-refractivity contribution in [1.82, 2.24) is 10.3 Å². The van der Waals surface area contributed by atoms with Crippen LogP contribution < -0.4 is 10.1 Å². The standard InChI is InChI=1S/C15H17ClN2O/c1-11(12-5-3-6-13(16)9-12)17-10-14-7-4-8-15(18-14)19-2/h3-9,11,17H,10H2,1-2H3/t11-/m1/s1. The second kappa shape index (κ2) is 6.55. The van der Waals surface area contributed by atoms with Gasteiger partial charge in [-0.1, -0.05) is 29.8 Å². The van der Waals surface area contributed by atoms with Crippen molar-refractivity contribution in [1.29, 1.82) is 0 Å². The van der Waals surface area contributed by atoms with Gasteiger partial charge in [0.2, 0.25) is 5.88 Å². The van der Waals surface area contributed by atoms with Gasteiger partial charge < -0.3 is 10.1 Å². The molecule has 0 saturated carbocycles. The van der Waals surface area contributed by atoms with Gasteiger partial charge in [0, 0.05) is 23.7 Å². The van der Waals surface area contributed by atoms with Gasteiger partial charge in [0.25, 0.3) is 0 Å². The van der Waals surface area contributed by atoms with Gasteiger partial charge in [-0.3, -0.25) is 0 Å². The van der Waals surface area contributed by atoms with Crippen LogP contribution in [0.2, 0.25) is 5.02 Å². The van der Waals surface area contributed by atoms with Crippen LogP contribution in [0.15, 0.2) is 42.5 Å². The van der Waals surface area contributed by atoms with Crippen LogP contribution in [0.4, 0.5) is 0 Å². The summed E-state index contributed by atoms with van der Waals surface area (Å²) in [6, 6.07) is 13.8. The number of ether oxygens (including phenoxy) is 1.